The molecular weight excluding hydrogens is 361 g/mol. The SMILES string of the molecule is CNCCCC(=O)N1CCC(CCN2CC(C)OC(C)C2)CC1.Cl.Cl. The number of hydrogen-bond acceptors (Lipinski definition) is 4. The summed E-state index contributed by atoms with van der Waals surface area (Å²) in [5, 5.41) is 3.10. The topological polar surface area (TPSA) is 44.8 Å². The van der Waals surface area contributed by atoms with Crippen LogP contribution in [-0.2, 0) is 9.53 Å². The van der Waals surface area contributed by atoms with Gasteiger partial charge in [0.15, 0.2) is 0 Å². The zero-order valence-electron chi connectivity index (χ0n) is 16.0. The molecule has 2 aliphatic rings. The molecule has 7 heteroatoms. The van der Waals surface area contributed by atoms with Gasteiger partial charge < -0.3 is 15.0 Å². The molecule has 150 valence electrons. The van der Waals surface area contributed by atoms with Crippen LogP contribution in [0.2, 0.25) is 0 Å². The lowest BCUT2D eigenvalue weighted by Gasteiger charge is -2.37. The molecule has 2 unspecified atom stereocenters. The van der Waals surface area contributed by atoms with Crippen molar-refractivity contribution >= 4 is 30.7 Å². The molecule has 2 atom stereocenters. The van der Waals surface area contributed by atoms with E-state index in [9.17, 15) is 4.79 Å². The first-order chi connectivity index (χ1) is 11.1. The molecule has 2 fully saturated rings. The van der Waals surface area contributed by atoms with Crippen molar-refractivity contribution in [1.29, 1.82) is 0 Å². The Bertz CT molecular complexity index is 356. The summed E-state index contributed by atoms with van der Waals surface area (Å²) < 4.78 is 5.80. The number of nitrogens with one attached hydrogen (secondary N) is 1. The molecule has 1 amide bonds. The molecule has 0 aromatic rings. The number of hydrogen-bond donors (Lipinski definition) is 1. The quantitative estimate of drug-likeness (QED) is 0.670. The highest BCUT2D eigenvalue weighted by Crippen LogP contribution is 2.22. The van der Waals surface area contributed by atoms with E-state index in [4.69, 9.17) is 4.74 Å². The van der Waals surface area contributed by atoms with E-state index < -0.39 is 0 Å². The number of ether oxygens (including phenoxy) is 1. The lowest BCUT2D eigenvalue weighted by Crippen LogP contribution is -2.46. The average molecular weight is 398 g/mol. The fourth-order valence-corrected chi connectivity index (χ4v) is 3.88. The molecule has 2 saturated heterocycles. The zero-order valence-corrected chi connectivity index (χ0v) is 17.7. The van der Waals surface area contributed by atoms with E-state index in [-0.39, 0.29) is 24.8 Å². The summed E-state index contributed by atoms with van der Waals surface area (Å²) in [5.74, 6) is 1.12. The van der Waals surface area contributed by atoms with Gasteiger partial charge in [-0.25, -0.2) is 0 Å². The molecule has 0 aliphatic carbocycles. The molecule has 2 rings (SSSR count). The number of amides is 1. The average Bonchev–Trinajstić information content (AvgIpc) is 2.53. The van der Waals surface area contributed by atoms with E-state index in [0.29, 0.717) is 24.5 Å². The molecule has 1 N–H and O–H groups in total. The predicted molar refractivity (Wildman–Crippen MR) is 108 cm³/mol. The van der Waals surface area contributed by atoms with Gasteiger partial charge in [-0.15, -0.1) is 24.8 Å². The molecule has 0 spiro atoms. The fourth-order valence-electron chi connectivity index (χ4n) is 3.88. The lowest BCUT2D eigenvalue weighted by molar-refractivity contribution is -0.132. The smallest absolute Gasteiger partial charge is 0.222 e. The van der Waals surface area contributed by atoms with Gasteiger partial charge in [-0.3, -0.25) is 9.69 Å². The zero-order chi connectivity index (χ0) is 16.7. The molecule has 0 aromatic carbocycles. The van der Waals surface area contributed by atoms with Crippen LogP contribution in [0.15, 0.2) is 0 Å². The summed E-state index contributed by atoms with van der Waals surface area (Å²) >= 11 is 0. The molecule has 0 saturated carbocycles. The van der Waals surface area contributed by atoms with Crippen molar-refractivity contribution in [3.63, 3.8) is 0 Å². The van der Waals surface area contributed by atoms with Crippen LogP contribution >= 0.6 is 24.8 Å². The lowest BCUT2D eigenvalue weighted by atomic mass is 9.93. The minimum atomic E-state index is 0. The van der Waals surface area contributed by atoms with Gasteiger partial charge in [0.25, 0.3) is 0 Å². The highest BCUT2D eigenvalue weighted by Gasteiger charge is 2.25. The Morgan fingerprint density at radius 3 is 2.28 bits per heavy atom. The van der Waals surface area contributed by atoms with Crippen LogP contribution in [0.5, 0.6) is 0 Å². The number of likely N-dealkylation sites (tertiary alicyclic amines) is 1. The van der Waals surface area contributed by atoms with Crippen LogP contribution in [0.4, 0.5) is 0 Å². The largest absolute Gasteiger partial charge is 0.373 e. The Morgan fingerprint density at radius 2 is 1.72 bits per heavy atom. The van der Waals surface area contributed by atoms with Gasteiger partial charge in [0.2, 0.25) is 5.91 Å². The van der Waals surface area contributed by atoms with E-state index in [0.717, 1.165) is 45.1 Å². The molecule has 0 aromatic heterocycles. The van der Waals surface area contributed by atoms with Gasteiger partial charge in [0.1, 0.15) is 0 Å². The third-order valence-corrected chi connectivity index (χ3v) is 5.13. The normalized spacial score (nSPS) is 25.2. The summed E-state index contributed by atoms with van der Waals surface area (Å²) in [5.41, 5.74) is 0. The van der Waals surface area contributed by atoms with Crippen LogP contribution < -0.4 is 5.32 Å². The first-order valence-electron chi connectivity index (χ1n) is 9.38. The van der Waals surface area contributed by atoms with Gasteiger partial charge in [-0.2, -0.15) is 0 Å². The number of nitrogens with zero attached hydrogens (tertiary/aromatic N) is 2. The minimum absolute atomic E-state index is 0. The second kappa shape index (κ2) is 13.2. The molecule has 0 bridgehead atoms. The maximum atomic E-state index is 12.1. The van der Waals surface area contributed by atoms with Crippen molar-refractivity contribution in [2.24, 2.45) is 5.92 Å². The number of carbonyl (C=O) groups excluding carboxylic acids is 1. The molecule has 2 aliphatic heterocycles. The Balaban J connectivity index is 0.00000288. The van der Waals surface area contributed by atoms with Crippen LogP contribution in [-0.4, -0.2) is 74.2 Å². The number of carbonyl (C=O) groups is 1. The second-order valence-electron chi connectivity index (χ2n) is 7.34. The Hall–Kier alpha value is -0.0700. The standard InChI is InChI=1S/C18H35N3O2.2ClH/c1-15-13-20(14-16(2)23-15)10-6-17-7-11-21(12-8-17)18(22)5-4-9-19-3;;/h15-17,19H,4-14H2,1-3H3;2*1H. The van der Waals surface area contributed by atoms with Crippen molar-refractivity contribution < 1.29 is 9.53 Å². The van der Waals surface area contributed by atoms with Crippen molar-refractivity contribution in [3.05, 3.63) is 0 Å². The van der Waals surface area contributed by atoms with E-state index in [2.05, 4.69) is 29.0 Å². The second-order valence-corrected chi connectivity index (χ2v) is 7.34. The highest BCUT2D eigenvalue weighted by atomic mass is 35.5. The van der Waals surface area contributed by atoms with Gasteiger partial charge in [0, 0.05) is 32.6 Å². The predicted octanol–water partition coefficient (Wildman–Crippen LogP) is 2.57. The van der Waals surface area contributed by atoms with Crippen LogP contribution in [0, 0.1) is 5.92 Å². The fraction of sp³-hybridized carbons (Fsp3) is 0.944. The third-order valence-electron chi connectivity index (χ3n) is 5.13. The monoisotopic (exact) mass is 397 g/mol. The summed E-state index contributed by atoms with van der Waals surface area (Å²) in [6, 6.07) is 0. The van der Waals surface area contributed by atoms with Crippen LogP contribution in [0.25, 0.3) is 0 Å². The summed E-state index contributed by atoms with van der Waals surface area (Å²) in [6.45, 7) is 10.5. The van der Waals surface area contributed by atoms with Crippen molar-refractivity contribution in [2.45, 2.75) is 58.2 Å². The van der Waals surface area contributed by atoms with E-state index in [1.807, 2.05) is 7.05 Å². The first-order valence-corrected chi connectivity index (χ1v) is 9.38. The summed E-state index contributed by atoms with van der Waals surface area (Å²) in [7, 11) is 1.94. The number of halogens is 2. The van der Waals surface area contributed by atoms with Crippen LogP contribution in [0.1, 0.15) is 46.0 Å². The molecule has 5 nitrogen and oxygen atoms in total. The van der Waals surface area contributed by atoms with Crippen molar-refractivity contribution in [3.8, 4) is 0 Å². The number of morpholine rings is 1. The van der Waals surface area contributed by atoms with Crippen LogP contribution in [0.3, 0.4) is 0 Å². The molecule has 2 heterocycles. The van der Waals surface area contributed by atoms with Gasteiger partial charge >= 0.3 is 0 Å². The van der Waals surface area contributed by atoms with E-state index in [1.54, 1.807) is 0 Å². The van der Waals surface area contributed by atoms with Gasteiger partial charge in [-0.05, 0) is 65.6 Å². The number of rotatable bonds is 7. The third kappa shape index (κ3) is 8.91. The molecule has 25 heavy (non-hydrogen) atoms. The maximum Gasteiger partial charge on any atom is 0.222 e. The first kappa shape index (κ1) is 24.9. The Kier molecular flexibility index (Phi) is 13.1. The van der Waals surface area contributed by atoms with Gasteiger partial charge in [0.05, 0.1) is 12.2 Å². The highest BCUT2D eigenvalue weighted by molar-refractivity contribution is 5.85. The van der Waals surface area contributed by atoms with Gasteiger partial charge in [-0.1, -0.05) is 0 Å². The Morgan fingerprint density at radius 1 is 1.12 bits per heavy atom. The van der Waals surface area contributed by atoms with Crippen molar-refractivity contribution in [1.82, 2.24) is 15.1 Å². The summed E-state index contributed by atoms with van der Waals surface area (Å²) in [4.78, 5) is 16.8. The Labute approximate surface area is 166 Å². The molecule has 0 radical (unpaired) electrons. The van der Waals surface area contributed by atoms with E-state index >= 15 is 0 Å². The van der Waals surface area contributed by atoms with E-state index in [1.165, 1.54) is 25.8 Å². The summed E-state index contributed by atoms with van der Waals surface area (Å²) in [6.07, 6.45) is 5.96. The van der Waals surface area contributed by atoms with Crippen molar-refractivity contribution in [2.75, 3.05) is 46.3 Å². The number of piperidine rings is 1. The molecular formula is C18H37Cl2N3O2. The minimum Gasteiger partial charge on any atom is -0.373 e. The maximum absolute atomic E-state index is 12.1.